The first-order valence-corrected chi connectivity index (χ1v) is 12.1. The van der Waals surface area contributed by atoms with Crippen molar-refractivity contribution in [3.8, 4) is 11.5 Å². The van der Waals surface area contributed by atoms with Crippen LogP contribution in [0.25, 0.3) is 6.08 Å². The minimum absolute atomic E-state index is 0.114. The number of allylic oxidation sites excluding steroid dienone is 1. The molecule has 1 aliphatic rings. The van der Waals surface area contributed by atoms with Gasteiger partial charge < -0.3 is 15.2 Å². The fourth-order valence-corrected chi connectivity index (χ4v) is 5.25. The number of phenolic OH excluding ortho intramolecular Hbond substituents is 1. The molecule has 0 spiro atoms. The first-order valence-electron chi connectivity index (χ1n) is 11.3. The summed E-state index contributed by atoms with van der Waals surface area (Å²) in [7, 11) is 1.59. The standard InChI is InChI=1S/C28H23N3O4S/c1-17-24(26(33)30-20-8-4-3-5-9-20)25(19-11-13-22(35-2)14-12-19)31-27(34)23(36-28(31)29-17)16-18-7-6-10-21(32)15-18/h3-16,25,32H,1-2H3,(H,30,33)/b23-16+/t25-/m1/s1. The topological polar surface area (TPSA) is 92.9 Å². The molecule has 1 atom stereocenters. The average molecular weight is 498 g/mol. The Labute approximate surface area is 211 Å². The Balaban J connectivity index is 1.68. The largest absolute Gasteiger partial charge is 0.508 e. The van der Waals surface area contributed by atoms with Crippen LogP contribution in [0.3, 0.4) is 0 Å². The quantitative estimate of drug-likeness (QED) is 0.441. The molecule has 0 bridgehead atoms. The van der Waals surface area contributed by atoms with E-state index in [9.17, 15) is 14.7 Å². The predicted molar refractivity (Wildman–Crippen MR) is 140 cm³/mol. The molecule has 0 aliphatic carbocycles. The van der Waals surface area contributed by atoms with Crippen molar-refractivity contribution in [3.05, 3.63) is 121 Å². The first kappa shape index (κ1) is 23.3. The summed E-state index contributed by atoms with van der Waals surface area (Å²) in [5.74, 6) is 0.458. The van der Waals surface area contributed by atoms with E-state index >= 15 is 0 Å². The summed E-state index contributed by atoms with van der Waals surface area (Å²) in [6.07, 6.45) is 1.72. The molecular weight excluding hydrogens is 474 g/mol. The fourth-order valence-electron chi connectivity index (χ4n) is 4.20. The van der Waals surface area contributed by atoms with Gasteiger partial charge in [0.05, 0.1) is 29.0 Å². The van der Waals surface area contributed by atoms with Gasteiger partial charge in [-0.25, -0.2) is 4.99 Å². The van der Waals surface area contributed by atoms with Gasteiger partial charge in [-0.1, -0.05) is 53.8 Å². The van der Waals surface area contributed by atoms with Crippen LogP contribution in [0.2, 0.25) is 0 Å². The highest BCUT2D eigenvalue weighted by atomic mass is 32.1. The van der Waals surface area contributed by atoms with Gasteiger partial charge in [0.1, 0.15) is 11.5 Å². The maximum Gasteiger partial charge on any atom is 0.271 e. The Kier molecular flexibility index (Phi) is 6.26. The number of phenols is 1. The van der Waals surface area contributed by atoms with Gasteiger partial charge >= 0.3 is 0 Å². The lowest BCUT2D eigenvalue weighted by molar-refractivity contribution is -0.113. The van der Waals surface area contributed by atoms with Crippen molar-refractivity contribution < 1.29 is 14.6 Å². The highest BCUT2D eigenvalue weighted by Crippen LogP contribution is 2.31. The minimum atomic E-state index is -0.679. The number of rotatable bonds is 5. The molecule has 0 unspecified atom stereocenters. The zero-order valence-electron chi connectivity index (χ0n) is 19.6. The zero-order valence-corrected chi connectivity index (χ0v) is 20.5. The number of benzene rings is 3. The van der Waals surface area contributed by atoms with Gasteiger partial charge in [0.15, 0.2) is 4.80 Å². The van der Waals surface area contributed by atoms with Gasteiger partial charge in [-0.05, 0) is 60.5 Å². The third-order valence-electron chi connectivity index (χ3n) is 5.90. The molecule has 8 heteroatoms. The fraction of sp³-hybridized carbons (Fsp3) is 0.107. The third kappa shape index (κ3) is 4.46. The third-order valence-corrected chi connectivity index (χ3v) is 6.88. The van der Waals surface area contributed by atoms with E-state index in [-0.39, 0.29) is 17.2 Å². The van der Waals surface area contributed by atoms with Crippen LogP contribution < -0.4 is 24.9 Å². The molecule has 2 N–H and O–H groups in total. The maximum absolute atomic E-state index is 13.7. The molecule has 3 aromatic carbocycles. The Morgan fingerprint density at radius 1 is 1.08 bits per heavy atom. The van der Waals surface area contributed by atoms with E-state index in [4.69, 9.17) is 4.74 Å². The predicted octanol–water partition coefficient (Wildman–Crippen LogP) is 3.59. The van der Waals surface area contributed by atoms with Crippen LogP contribution in [0.5, 0.6) is 11.5 Å². The molecule has 7 nitrogen and oxygen atoms in total. The molecule has 0 saturated carbocycles. The Morgan fingerprint density at radius 3 is 2.53 bits per heavy atom. The molecule has 1 amide bonds. The number of fused-ring (bicyclic) bond motifs is 1. The summed E-state index contributed by atoms with van der Waals surface area (Å²) in [6.45, 7) is 1.78. The van der Waals surface area contributed by atoms with Crippen LogP contribution in [0.1, 0.15) is 24.1 Å². The van der Waals surface area contributed by atoms with E-state index < -0.39 is 6.04 Å². The number of amides is 1. The molecule has 2 heterocycles. The van der Waals surface area contributed by atoms with Crippen LogP contribution >= 0.6 is 11.3 Å². The molecule has 1 aliphatic heterocycles. The molecule has 0 fully saturated rings. The number of hydrogen-bond acceptors (Lipinski definition) is 6. The van der Waals surface area contributed by atoms with Crippen molar-refractivity contribution in [2.45, 2.75) is 13.0 Å². The highest BCUT2D eigenvalue weighted by molar-refractivity contribution is 7.07. The zero-order chi connectivity index (χ0) is 25.2. The lowest BCUT2D eigenvalue weighted by Crippen LogP contribution is -2.40. The maximum atomic E-state index is 13.7. The summed E-state index contributed by atoms with van der Waals surface area (Å²) in [5.41, 5.74) is 2.76. The lowest BCUT2D eigenvalue weighted by atomic mass is 9.95. The van der Waals surface area contributed by atoms with Crippen molar-refractivity contribution in [2.75, 3.05) is 12.4 Å². The Bertz CT molecular complexity index is 1650. The second-order valence-electron chi connectivity index (χ2n) is 8.27. The van der Waals surface area contributed by atoms with Crippen molar-refractivity contribution in [1.82, 2.24) is 4.57 Å². The summed E-state index contributed by atoms with van der Waals surface area (Å²) < 4.78 is 7.32. The SMILES string of the molecule is COc1ccc([C@@H]2C(C(=O)Nc3ccccc3)=C(C)N=c3s/c(=C/c4cccc(O)c4)c(=O)n32)cc1. The van der Waals surface area contributed by atoms with Gasteiger partial charge in [0.2, 0.25) is 0 Å². The van der Waals surface area contributed by atoms with Crippen molar-refractivity contribution in [2.24, 2.45) is 4.99 Å². The van der Waals surface area contributed by atoms with Crippen LogP contribution in [0, 0.1) is 0 Å². The van der Waals surface area contributed by atoms with E-state index in [1.807, 2.05) is 36.4 Å². The number of ether oxygens (including phenoxy) is 1. The second kappa shape index (κ2) is 9.67. The average Bonchev–Trinajstić information content (AvgIpc) is 3.18. The minimum Gasteiger partial charge on any atom is -0.508 e. The number of thiazole rings is 1. The molecule has 36 heavy (non-hydrogen) atoms. The van der Waals surface area contributed by atoms with Crippen LogP contribution in [-0.2, 0) is 4.79 Å². The summed E-state index contributed by atoms with van der Waals surface area (Å²) in [4.78, 5) is 32.4. The van der Waals surface area contributed by atoms with E-state index in [1.165, 1.54) is 11.3 Å². The van der Waals surface area contributed by atoms with Crippen LogP contribution in [-0.4, -0.2) is 22.7 Å². The van der Waals surface area contributed by atoms with E-state index in [0.29, 0.717) is 37.6 Å². The number of carbonyl (C=O) groups is 1. The number of aromatic hydroxyl groups is 1. The molecular formula is C28H23N3O4S. The molecule has 5 rings (SSSR count). The van der Waals surface area contributed by atoms with Gasteiger partial charge in [0, 0.05) is 5.69 Å². The normalized spacial score (nSPS) is 15.3. The number of carbonyl (C=O) groups excluding carboxylic acids is 1. The van der Waals surface area contributed by atoms with Crippen molar-refractivity contribution >= 4 is 29.0 Å². The number of methoxy groups -OCH3 is 1. The number of anilines is 1. The highest BCUT2D eigenvalue weighted by Gasteiger charge is 2.32. The van der Waals surface area contributed by atoms with E-state index in [2.05, 4.69) is 10.3 Å². The van der Waals surface area contributed by atoms with Gasteiger partial charge in [0.25, 0.3) is 11.5 Å². The second-order valence-corrected chi connectivity index (χ2v) is 9.28. The van der Waals surface area contributed by atoms with Gasteiger partial charge in [-0.2, -0.15) is 0 Å². The molecule has 0 radical (unpaired) electrons. The summed E-state index contributed by atoms with van der Waals surface area (Å²) >= 11 is 1.25. The Morgan fingerprint density at radius 2 is 1.83 bits per heavy atom. The van der Waals surface area contributed by atoms with Crippen molar-refractivity contribution in [1.29, 1.82) is 0 Å². The van der Waals surface area contributed by atoms with Crippen molar-refractivity contribution in [3.63, 3.8) is 0 Å². The first-order chi connectivity index (χ1) is 17.4. The summed E-state index contributed by atoms with van der Waals surface area (Å²) in [5, 5.41) is 12.8. The number of hydrogen-bond donors (Lipinski definition) is 2. The smallest absolute Gasteiger partial charge is 0.271 e. The molecule has 4 aromatic rings. The van der Waals surface area contributed by atoms with Crippen LogP contribution in [0.15, 0.2) is 99.9 Å². The monoisotopic (exact) mass is 497 g/mol. The number of nitrogens with one attached hydrogen (secondary N) is 1. The Hall–Kier alpha value is -4.43. The van der Waals surface area contributed by atoms with E-state index in [1.54, 1.807) is 67.1 Å². The van der Waals surface area contributed by atoms with Gasteiger partial charge in [-0.15, -0.1) is 0 Å². The number of nitrogens with zero attached hydrogens (tertiary/aromatic N) is 2. The lowest BCUT2D eigenvalue weighted by Gasteiger charge is -2.25. The number of aromatic nitrogens is 1. The molecule has 1 aromatic heterocycles. The summed E-state index contributed by atoms with van der Waals surface area (Å²) in [6, 6.07) is 22.5. The molecule has 180 valence electrons. The van der Waals surface area contributed by atoms with Crippen LogP contribution in [0.4, 0.5) is 5.69 Å². The van der Waals surface area contributed by atoms with E-state index in [0.717, 1.165) is 5.56 Å². The molecule has 0 saturated heterocycles. The van der Waals surface area contributed by atoms with Gasteiger partial charge in [-0.3, -0.25) is 14.2 Å². The number of para-hydroxylation sites is 1.